The third-order valence-corrected chi connectivity index (χ3v) is 0.421. The first-order chi connectivity index (χ1) is 8.81. The van der Waals surface area contributed by atoms with Crippen LogP contribution in [-0.4, -0.2) is 230 Å². The van der Waals surface area contributed by atoms with E-state index in [4.69, 9.17) is 73.1 Å². The first kappa shape index (κ1) is 52.3. The van der Waals surface area contributed by atoms with Crippen LogP contribution in [0.25, 0.3) is 0 Å². The van der Waals surface area contributed by atoms with Gasteiger partial charge in [-0.2, -0.15) is 0 Å². The van der Waals surface area contributed by atoms with Gasteiger partial charge >= 0.3 is 174 Å². The van der Waals surface area contributed by atoms with Gasteiger partial charge in [-0.25, -0.2) is 13.7 Å². The minimum atomic E-state index is -4.64. The number of phosphoric acid groups is 3. The van der Waals surface area contributed by atoms with Crippen molar-refractivity contribution in [3.63, 3.8) is 0 Å². The molecule has 0 aliphatic carbocycles. The minimum absolute atomic E-state index is 0. The van der Waals surface area contributed by atoms with Crippen LogP contribution in [0.3, 0.4) is 0 Å². The Hall–Kier alpha value is 5.25. The molecule has 0 atom stereocenters. The minimum Gasteiger partial charge on any atom is -1.00 e. The van der Waals surface area contributed by atoms with Gasteiger partial charge in [0.25, 0.3) is 0 Å². The van der Waals surface area contributed by atoms with Crippen LogP contribution >= 0.6 is 23.5 Å². The van der Waals surface area contributed by atoms with E-state index in [1.165, 1.54) is 0 Å². The van der Waals surface area contributed by atoms with Crippen molar-refractivity contribution in [2.24, 2.45) is 0 Å². The smallest absolute Gasteiger partial charge is 1.00 e. The van der Waals surface area contributed by atoms with E-state index >= 15 is 0 Å². The zero-order chi connectivity index (χ0) is 18.5. The molecule has 0 amide bonds. The van der Waals surface area contributed by atoms with E-state index in [2.05, 4.69) is 0 Å². The Morgan fingerprint density at radius 3 is 0.640 bits per heavy atom. The van der Waals surface area contributed by atoms with Crippen LogP contribution in [0.5, 0.6) is 0 Å². The monoisotopic (exact) mass is 554 g/mol. The zero-order valence-electron chi connectivity index (χ0n) is 20.8. The summed E-state index contributed by atoms with van der Waals surface area (Å²) in [6.07, 6.45) is -0.954. The standard InChI is InChI=1S/C3H8O3.4Ca.3H3O4P.8H/c4-1-3(6)2-5;;;;;3*1-5(2,3)4;;;;;;;;/h3-6H,1-2H2;;;;;3*(H3,1,2,3,4);;;;;;;;/q;4*+2;;;;8*-1. The van der Waals surface area contributed by atoms with Crippen molar-refractivity contribution < 1.29 is 84.5 Å². The summed E-state index contributed by atoms with van der Waals surface area (Å²) >= 11 is 0. The van der Waals surface area contributed by atoms with Gasteiger partial charge in [-0.1, -0.05) is 0 Å². The molecular formula is C3H25Ca4O15P3. The SMILES string of the molecule is O=P(O)(O)O.O=P(O)(O)O.O=P(O)(O)O.OCC(O)CO.[Ca+2].[Ca+2].[Ca+2].[Ca+2].[H-].[H-].[H-].[H-].[H-].[H-].[H-].[H-]. The molecule has 150 valence electrons. The molecule has 0 fully saturated rings. The van der Waals surface area contributed by atoms with Crippen molar-refractivity contribution in [2.75, 3.05) is 13.2 Å². The summed E-state index contributed by atoms with van der Waals surface area (Å²) in [6.45, 7) is -0.729. The molecule has 0 radical (unpaired) electrons. The zero-order valence-corrected chi connectivity index (χ0v) is 24.3. The first-order valence-electron chi connectivity index (χ1n) is 4.05. The molecule has 0 unspecified atom stereocenters. The number of aliphatic hydroxyl groups excluding tert-OH is 3. The van der Waals surface area contributed by atoms with E-state index < -0.39 is 29.6 Å². The number of hydrogen-bond donors (Lipinski definition) is 12. The predicted octanol–water partition coefficient (Wildman–Crippen LogP) is -5.08. The molecular weight excluding hydrogens is 529 g/mol. The molecule has 12 N–H and O–H groups in total. The molecule has 0 aromatic carbocycles. The maximum atomic E-state index is 8.88. The third kappa shape index (κ3) is 254. The molecule has 0 rings (SSSR count). The van der Waals surface area contributed by atoms with E-state index in [-0.39, 0.29) is 176 Å². The quantitative estimate of drug-likeness (QED) is 0.112. The van der Waals surface area contributed by atoms with Crippen LogP contribution in [0.1, 0.15) is 11.4 Å². The Bertz CT molecular complexity index is 313. The van der Waals surface area contributed by atoms with Crippen molar-refractivity contribution in [2.45, 2.75) is 6.10 Å². The summed E-state index contributed by atoms with van der Waals surface area (Å²) < 4.78 is 26.6. The maximum Gasteiger partial charge on any atom is 2.00 e. The van der Waals surface area contributed by atoms with Gasteiger partial charge in [-0.05, 0) is 0 Å². The van der Waals surface area contributed by atoms with E-state index in [1.807, 2.05) is 0 Å². The topological polar surface area (TPSA) is 294 Å². The van der Waals surface area contributed by atoms with Gasteiger partial charge in [-0.3, -0.25) is 0 Å². The maximum absolute atomic E-state index is 8.88. The van der Waals surface area contributed by atoms with Crippen LogP contribution in [0.15, 0.2) is 0 Å². The van der Waals surface area contributed by atoms with Gasteiger partial charge in [-0.15, -0.1) is 0 Å². The van der Waals surface area contributed by atoms with E-state index in [0.29, 0.717) is 0 Å². The Labute approximate surface area is 273 Å². The average molecular weight is 554 g/mol. The van der Waals surface area contributed by atoms with Gasteiger partial charge in [0.15, 0.2) is 0 Å². The summed E-state index contributed by atoms with van der Waals surface area (Å²) in [5, 5.41) is 24.0. The van der Waals surface area contributed by atoms with Gasteiger partial charge in [0.1, 0.15) is 6.10 Å². The molecule has 15 nitrogen and oxygen atoms in total. The van der Waals surface area contributed by atoms with Crippen LogP contribution in [0, 0.1) is 0 Å². The van der Waals surface area contributed by atoms with Crippen LogP contribution in [-0.2, 0) is 13.7 Å². The van der Waals surface area contributed by atoms with Crippen molar-refractivity contribution in [3.8, 4) is 0 Å². The summed E-state index contributed by atoms with van der Waals surface area (Å²) in [4.78, 5) is 64.7. The Morgan fingerprint density at radius 2 is 0.640 bits per heavy atom. The average Bonchev–Trinajstić information content (AvgIpc) is 2.08. The van der Waals surface area contributed by atoms with E-state index in [1.54, 1.807) is 0 Å². The molecule has 0 aromatic heterocycles. The second-order valence-corrected chi connectivity index (χ2v) is 5.64. The van der Waals surface area contributed by atoms with Crippen molar-refractivity contribution >= 4 is 174 Å². The Morgan fingerprint density at radius 1 is 0.560 bits per heavy atom. The molecule has 22 heteroatoms. The van der Waals surface area contributed by atoms with Crippen molar-refractivity contribution in [3.05, 3.63) is 0 Å². The largest absolute Gasteiger partial charge is 2.00 e. The van der Waals surface area contributed by atoms with E-state index in [0.717, 1.165) is 0 Å². The Balaban J connectivity index is -0.00000000745. The molecule has 0 aromatic rings. The fourth-order valence-corrected chi connectivity index (χ4v) is 0.0577. The summed E-state index contributed by atoms with van der Waals surface area (Å²) in [6, 6.07) is 0. The summed E-state index contributed by atoms with van der Waals surface area (Å²) in [5.74, 6) is 0. The molecule has 25 heavy (non-hydrogen) atoms. The van der Waals surface area contributed by atoms with Crippen LogP contribution in [0.4, 0.5) is 0 Å². The predicted molar refractivity (Wildman–Crippen MR) is 94.9 cm³/mol. The number of hydrogen-bond acceptors (Lipinski definition) is 6. The molecule has 0 heterocycles. The summed E-state index contributed by atoms with van der Waals surface area (Å²) in [5.41, 5.74) is 0. The van der Waals surface area contributed by atoms with Crippen molar-refractivity contribution in [1.82, 2.24) is 0 Å². The van der Waals surface area contributed by atoms with Gasteiger partial charge in [0, 0.05) is 0 Å². The fraction of sp³-hybridized carbons (Fsp3) is 1.00. The molecule has 0 saturated carbocycles. The molecule has 0 aliphatic heterocycles. The molecule has 0 aliphatic rings. The fourth-order valence-electron chi connectivity index (χ4n) is 0.0577. The van der Waals surface area contributed by atoms with Crippen LogP contribution in [0.2, 0.25) is 0 Å². The third-order valence-electron chi connectivity index (χ3n) is 0.421. The Kier molecular flexibility index (Phi) is 61.2. The second-order valence-electron chi connectivity index (χ2n) is 2.56. The van der Waals surface area contributed by atoms with Crippen molar-refractivity contribution in [1.29, 1.82) is 0 Å². The van der Waals surface area contributed by atoms with E-state index in [9.17, 15) is 0 Å². The summed E-state index contributed by atoms with van der Waals surface area (Å²) in [7, 11) is -13.9. The molecule has 0 bridgehead atoms. The first-order valence-corrected chi connectivity index (χ1v) is 8.75. The molecule has 0 spiro atoms. The molecule has 0 saturated heterocycles. The number of aliphatic hydroxyl groups is 3. The van der Waals surface area contributed by atoms with Crippen LogP contribution < -0.4 is 0 Å². The second kappa shape index (κ2) is 29.2. The van der Waals surface area contributed by atoms with Gasteiger partial charge < -0.3 is 70.8 Å². The van der Waals surface area contributed by atoms with Gasteiger partial charge in [0.2, 0.25) is 0 Å². The van der Waals surface area contributed by atoms with Gasteiger partial charge in [0.05, 0.1) is 13.2 Å². The normalized spacial score (nSPS) is 9.48. The number of rotatable bonds is 2.